The molecule has 0 amide bonds. The maximum atomic E-state index is 13.0. The van der Waals surface area contributed by atoms with Gasteiger partial charge in [-0.25, -0.2) is 4.57 Å². The second-order valence-corrected chi connectivity index (χ2v) is 23.4. The lowest BCUT2D eigenvalue weighted by Gasteiger charge is -2.38. The van der Waals surface area contributed by atoms with E-state index in [2.05, 4.69) is 38.2 Å². The van der Waals surface area contributed by atoms with E-state index in [1.807, 2.05) is 7.05 Å². The highest BCUT2D eigenvalue weighted by Gasteiger charge is 2.33. The average molecular weight is 1160 g/mol. The van der Waals surface area contributed by atoms with Crippen LogP contribution in [0.5, 0.6) is 0 Å². The summed E-state index contributed by atoms with van der Waals surface area (Å²) in [7, 11) is -2.75. The number of aliphatic hydroxyl groups is 3. The van der Waals surface area contributed by atoms with Gasteiger partial charge in [0.1, 0.15) is 37.9 Å². The number of phosphoric ester groups is 1. The highest BCUT2D eigenvalue weighted by Crippen LogP contribution is 2.45. The molecule has 472 valence electrons. The molecule has 5 unspecified atom stereocenters. The van der Waals surface area contributed by atoms with Crippen LogP contribution in [0.2, 0.25) is 0 Å². The van der Waals surface area contributed by atoms with Crippen molar-refractivity contribution < 1.29 is 76.2 Å². The minimum Gasteiger partial charge on any atom is -0.388 e. The summed E-state index contributed by atoms with van der Waals surface area (Å²) in [6, 6.07) is 0. The van der Waals surface area contributed by atoms with E-state index >= 15 is 0 Å². The van der Waals surface area contributed by atoms with Gasteiger partial charge >= 0.3 is 7.82 Å². The SMILES string of the molecule is CCCCCCCC/C=C/CCCCCCCCOCCOCCOCCOCCOP(=O)(O)OC(COCCOCCOCCOCCCCCCCC/C=C/CCCCCCCC)CC(O)C[N+](C)(CC(C)O)CC(C)O. The number of allylic oxidation sites excluding steroid dienone is 4. The van der Waals surface area contributed by atoms with Crippen LogP contribution >= 0.6 is 7.82 Å². The van der Waals surface area contributed by atoms with Crippen molar-refractivity contribution in [1.29, 1.82) is 0 Å². The summed E-state index contributed by atoms with van der Waals surface area (Å²) in [6.45, 7) is 14.6. The molecule has 0 aliphatic heterocycles. The Morgan fingerprint density at radius 2 is 0.684 bits per heavy atom. The van der Waals surface area contributed by atoms with Gasteiger partial charge in [-0.05, 0) is 78.1 Å². The van der Waals surface area contributed by atoms with E-state index in [-0.39, 0.29) is 57.1 Å². The topological polar surface area (TPSA) is 190 Å². The second-order valence-electron chi connectivity index (χ2n) is 22.0. The van der Waals surface area contributed by atoms with Crippen LogP contribution in [0.25, 0.3) is 0 Å². The summed E-state index contributed by atoms with van der Waals surface area (Å²) in [6.07, 6.45) is 42.1. The van der Waals surface area contributed by atoms with Crippen LogP contribution in [0.1, 0.15) is 214 Å². The fraction of sp³-hybridized carbons (Fsp3) is 0.935. The molecule has 0 saturated heterocycles. The molecule has 17 heteroatoms. The molecule has 0 aromatic carbocycles. The number of likely N-dealkylation sites (N-methyl/N-ethyl adjacent to an activating group) is 1. The lowest BCUT2D eigenvalue weighted by molar-refractivity contribution is -0.917. The van der Waals surface area contributed by atoms with E-state index < -0.39 is 32.2 Å². The Morgan fingerprint density at radius 1 is 0.392 bits per heavy atom. The maximum Gasteiger partial charge on any atom is 0.472 e. The molecule has 0 aliphatic carbocycles. The van der Waals surface area contributed by atoms with Crippen LogP contribution in [0.3, 0.4) is 0 Å². The zero-order valence-corrected chi connectivity index (χ0v) is 52.3. The van der Waals surface area contributed by atoms with Gasteiger partial charge in [0.2, 0.25) is 0 Å². The van der Waals surface area contributed by atoms with E-state index in [0.717, 1.165) is 26.1 Å². The molecule has 79 heavy (non-hydrogen) atoms. The molecule has 0 heterocycles. The normalized spacial score (nSPS) is 15.3. The average Bonchev–Trinajstić information content (AvgIpc) is 3.39. The Balaban J connectivity index is 4.17. The van der Waals surface area contributed by atoms with Crippen LogP contribution in [-0.2, 0) is 51.5 Å². The molecule has 0 bridgehead atoms. The smallest absolute Gasteiger partial charge is 0.388 e. The third kappa shape index (κ3) is 61.5. The zero-order chi connectivity index (χ0) is 57.9. The number of quaternary nitrogens is 1. The predicted molar refractivity (Wildman–Crippen MR) is 321 cm³/mol. The second kappa shape index (κ2) is 60.2. The van der Waals surface area contributed by atoms with Crippen molar-refractivity contribution >= 4 is 7.82 Å². The minimum absolute atomic E-state index is 0.0344. The lowest BCUT2D eigenvalue weighted by Crippen LogP contribution is -2.55. The summed E-state index contributed by atoms with van der Waals surface area (Å²) in [4.78, 5) is 10.6. The quantitative estimate of drug-likeness (QED) is 0.0195. The Kier molecular flexibility index (Phi) is 59.6. The summed E-state index contributed by atoms with van der Waals surface area (Å²) >= 11 is 0. The number of nitrogens with zero attached hydrogens (tertiary/aromatic N) is 1. The Bertz CT molecular complexity index is 1320. The molecule has 0 rings (SSSR count). The zero-order valence-electron chi connectivity index (χ0n) is 51.4. The number of aliphatic hydroxyl groups excluding tert-OH is 3. The van der Waals surface area contributed by atoms with Crippen LogP contribution < -0.4 is 0 Å². The molecule has 0 aromatic rings. The third-order valence-electron chi connectivity index (χ3n) is 13.5. The first kappa shape index (κ1) is 78.1. The number of phosphoric acid groups is 1. The van der Waals surface area contributed by atoms with Gasteiger partial charge in [-0.1, -0.05) is 154 Å². The highest BCUT2D eigenvalue weighted by molar-refractivity contribution is 7.47. The minimum atomic E-state index is -4.58. The van der Waals surface area contributed by atoms with E-state index in [4.69, 9.17) is 46.9 Å². The van der Waals surface area contributed by atoms with Crippen molar-refractivity contribution in [2.75, 3.05) is 139 Å². The summed E-state index contributed by atoms with van der Waals surface area (Å²) in [5.41, 5.74) is 0. The largest absolute Gasteiger partial charge is 0.472 e. The van der Waals surface area contributed by atoms with Gasteiger partial charge in [0.25, 0.3) is 0 Å². The Morgan fingerprint density at radius 3 is 1.03 bits per heavy atom. The molecule has 0 radical (unpaired) electrons. The number of hydrogen-bond donors (Lipinski definition) is 4. The summed E-state index contributed by atoms with van der Waals surface area (Å²) in [5, 5.41) is 31.4. The highest BCUT2D eigenvalue weighted by atomic mass is 31.2. The molecule has 0 saturated carbocycles. The summed E-state index contributed by atoms with van der Waals surface area (Å²) in [5.74, 6) is 0. The Hall–Kier alpha value is -0.890. The first-order valence-electron chi connectivity index (χ1n) is 31.9. The monoisotopic (exact) mass is 1150 g/mol. The van der Waals surface area contributed by atoms with Gasteiger partial charge in [0.15, 0.2) is 0 Å². The van der Waals surface area contributed by atoms with Crippen LogP contribution in [-0.4, -0.2) is 188 Å². The van der Waals surface area contributed by atoms with Crippen LogP contribution in [0.4, 0.5) is 0 Å². The van der Waals surface area contributed by atoms with Crippen LogP contribution in [0, 0.1) is 0 Å². The third-order valence-corrected chi connectivity index (χ3v) is 14.6. The maximum absolute atomic E-state index is 13.0. The van der Waals surface area contributed by atoms with Gasteiger partial charge in [0, 0.05) is 19.6 Å². The standard InChI is InChI=1S/C62H124NO15P/c1-6-8-10-12-14-16-18-20-22-24-26-28-30-32-34-36-38-69-40-42-71-44-45-73-48-49-75-52-53-77-79(67,68)78-62(54-61(66)57-63(5,55-59(3)64)56-60(4)65)58-76-51-50-74-47-46-72-43-41-70-39-37-35-33-31-29-27-25-23-21-19-17-15-13-11-9-7-2/h20-23,59-62,64-66H,6-19,24-58H2,1-5H3/p+1/b22-20+,23-21+. The van der Waals surface area contributed by atoms with E-state index in [9.17, 15) is 24.8 Å². The van der Waals surface area contributed by atoms with Gasteiger partial charge in [-0.15, -0.1) is 0 Å². The van der Waals surface area contributed by atoms with E-state index in [1.54, 1.807) is 13.8 Å². The van der Waals surface area contributed by atoms with Crippen molar-refractivity contribution in [3.05, 3.63) is 24.3 Å². The van der Waals surface area contributed by atoms with Crippen molar-refractivity contribution in [3.63, 3.8) is 0 Å². The van der Waals surface area contributed by atoms with Gasteiger partial charge in [-0.3, -0.25) is 9.05 Å². The van der Waals surface area contributed by atoms with E-state index in [1.165, 1.54) is 167 Å². The van der Waals surface area contributed by atoms with Crippen molar-refractivity contribution in [3.8, 4) is 0 Å². The fourth-order valence-electron chi connectivity index (χ4n) is 9.50. The molecule has 0 fully saturated rings. The fourth-order valence-corrected chi connectivity index (χ4v) is 10.4. The Labute approximate surface area is 483 Å². The molecule has 16 nitrogen and oxygen atoms in total. The number of rotatable bonds is 66. The van der Waals surface area contributed by atoms with Gasteiger partial charge < -0.3 is 62.6 Å². The molecule has 0 aliphatic rings. The molecule has 0 spiro atoms. The van der Waals surface area contributed by atoms with Crippen LogP contribution in [0.15, 0.2) is 24.3 Å². The van der Waals surface area contributed by atoms with Gasteiger partial charge in [-0.2, -0.15) is 0 Å². The van der Waals surface area contributed by atoms with Gasteiger partial charge in [0.05, 0.1) is 112 Å². The first-order valence-corrected chi connectivity index (χ1v) is 33.4. The first-order chi connectivity index (χ1) is 38.4. The number of hydrogen-bond acceptors (Lipinski definition) is 14. The number of unbranched alkanes of at least 4 members (excludes halogenated alkanes) is 24. The molecular weight excluding hydrogens is 1030 g/mol. The summed E-state index contributed by atoms with van der Waals surface area (Å²) < 4.78 is 69.1. The van der Waals surface area contributed by atoms with Crippen molar-refractivity contribution in [1.82, 2.24) is 0 Å². The number of ether oxygens (including phenoxy) is 8. The lowest BCUT2D eigenvalue weighted by atomic mass is 10.1. The molecule has 4 N–H and O–H groups in total. The molecule has 5 atom stereocenters. The molecule has 0 aromatic heterocycles. The van der Waals surface area contributed by atoms with E-state index in [0.29, 0.717) is 72.6 Å². The van der Waals surface area contributed by atoms with Crippen molar-refractivity contribution in [2.24, 2.45) is 0 Å². The van der Waals surface area contributed by atoms with Crippen molar-refractivity contribution in [2.45, 2.75) is 238 Å². The molecular formula is C62H125NO15P+. The predicted octanol–water partition coefficient (Wildman–Crippen LogP) is 12.7.